The molecule has 1 atom stereocenters. The summed E-state index contributed by atoms with van der Waals surface area (Å²) in [6.45, 7) is -0.00585. The van der Waals surface area contributed by atoms with Gasteiger partial charge in [-0.1, -0.05) is 0 Å². The molecule has 0 fully saturated rings. The summed E-state index contributed by atoms with van der Waals surface area (Å²) in [5, 5.41) is 14.8. The molecule has 0 saturated heterocycles. The molecule has 7 nitrogen and oxygen atoms in total. The summed E-state index contributed by atoms with van der Waals surface area (Å²) in [5.41, 5.74) is 4.91. The molecule has 8 heteroatoms. The van der Waals surface area contributed by atoms with E-state index in [9.17, 15) is 9.90 Å². The van der Waals surface area contributed by atoms with E-state index in [0.29, 0.717) is 16.1 Å². The Kier molecular flexibility index (Phi) is 4.44. The lowest BCUT2D eigenvalue weighted by molar-refractivity contribution is -0.125. The maximum Gasteiger partial charge on any atom is 0.248 e. The molecule has 88 valence electrons. The molecule has 0 aliphatic carbocycles. The Morgan fingerprint density at radius 1 is 1.62 bits per heavy atom. The number of hydrogen-bond acceptors (Lipinski definition) is 6. The van der Waals surface area contributed by atoms with E-state index >= 15 is 0 Å². The first-order valence-corrected chi connectivity index (χ1v) is 5.25. The van der Waals surface area contributed by atoms with Gasteiger partial charge in [0.25, 0.3) is 0 Å². The zero-order valence-electron chi connectivity index (χ0n) is 8.57. The number of halogens is 1. The van der Waals surface area contributed by atoms with Gasteiger partial charge in [-0.3, -0.25) is 4.79 Å². The first-order valence-electron chi connectivity index (χ1n) is 4.45. The zero-order valence-corrected chi connectivity index (χ0v) is 10.2. The molecule has 0 aliphatic heterocycles. The maximum absolute atomic E-state index is 10.6. The second kappa shape index (κ2) is 5.61. The minimum Gasteiger partial charge on any atom is -0.381 e. The average Bonchev–Trinajstić information content (AvgIpc) is 2.27. The molecule has 0 saturated carbocycles. The number of carbonyl (C=O) groups is 1. The van der Waals surface area contributed by atoms with E-state index < -0.39 is 12.0 Å². The molecule has 16 heavy (non-hydrogen) atoms. The summed E-state index contributed by atoms with van der Waals surface area (Å²) in [4.78, 5) is 18.5. The minimum atomic E-state index is -1.25. The van der Waals surface area contributed by atoms with Crippen LogP contribution in [0.5, 0.6) is 0 Å². The SMILES string of the molecule is CNc1ncnc(NCC(O)C(N)=O)c1Br. The smallest absolute Gasteiger partial charge is 0.248 e. The van der Waals surface area contributed by atoms with Crippen LogP contribution in [0.25, 0.3) is 0 Å². The van der Waals surface area contributed by atoms with E-state index in [1.165, 1.54) is 6.33 Å². The van der Waals surface area contributed by atoms with Crippen LogP contribution in [0.3, 0.4) is 0 Å². The van der Waals surface area contributed by atoms with Crippen molar-refractivity contribution in [3.8, 4) is 0 Å². The van der Waals surface area contributed by atoms with Gasteiger partial charge in [0.1, 0.15) is 28.5 Å². The van der Waals surface area contributed by atoms with Gasteiger partial charge in [-0.05, 0) is 15.9 Å². The number of aliphatic hydroxyl groups excluding tert-OH is 1. The van der Waals surface area contributed by atoms with Gasteiger partial charge in [0.05, 0.1) is 6.54 Å². The highest BCUT2D eigenvalue weighted by Gasteiger charge is 2.12. The monoisotopic (exact) mass is 289 g/mol. The molecule has 1 unspecified atom stereocenters. The third kappa shape index (κ3) is 3.04. The van der Waals surface area contributed by atoms with Gasteiger partial charge < -0.3 is 21.5 Å². The van der Waals surface area contributed by atoms with E-state index in [0.717, 1.165) is 0 Å². The number of carbonyl (C=O) groups excluding carboxylic acids is 1. The number of aromatic nitrogens is 2. The van der Waals surface area contributed by atoms with Crippen LogP contribution in [0.1, 0.15) is 0 Å². The normalized spacial score (nSPS) is 11.9. The van der Waals surface area contributed by atoms with E-state index in [1.807, 2.05) is 0 Å². The highest BCUT2D eigenvalue weighted by Crippen LogP contribution is 2.25. The molecule has 1 amide bonds. The van der Waals surface area contributed by atoms with Crippen molar-refractivity contribution in [1.82, 2.24) is 9.97 Å². The van der Waals surface area contributed by atoms with Crippen molar-refractivity contribution in [2.75, 3.05) is 24.2 Å². The van der Waals surface area contributed by atoms with E-state index in [1.54, 1.807) is 7.05 Å². The number of primary amides is 1. The average molecular weight is 290 g/mol. The summed E-state index contributed by atoms with van der Waals surface area (Å²) in [6, 6.07) is 0. The van der Waals surface area contributed by atoms with Gasteiger partial charge in [0.2, 0.25) is 5.91 Å². The predicted octanol–water partition coefficient (Wildman–Crippen LogP) is -0.461. The Bertz CT molecular complexity index is 387. The summed E-state index contributed by atoms with van der Waals surface area (Å²) in [7, 11) is 1.72. The molecule has 0 spiro atoms. The number of anilines is 2. The first kappa shape index (κ1) is 12.7. The second-order valence-corrected chi connectivity index (χ2v) is 3.73. The van der Waals surface area contributed by atoms with Gasteiger partial charge >= 0.3 is 0 Å². The number of rotatable bonds is 5. The topological polar surface area (TPSA) is 113 Å². The van der Waals surface area contributed by atoms with Crippen LogP contribution >= 0.6 is 15.9 Å². The Morgan fingerprint density at radius 2 is 2.25 bits per heavy atom. The Balaban J connectivity index is 2.71. The standard InChI is InChI=1S/C8H12BrN5O2/c1-11-7-5(9)8(14-3-13-7)12-2-4(15)6(10)16/h3-4,15H,2H2,1H3,(H2,10,16)(H2,11,12,13,14). The van der Waals surface area contributed by atoms with Gasteiger partial charge in [0.15, 0.2) is 0 Å². The fourth-order valence-corrected chi connectivity index (χ4v) is 1.50. The van der Waals surface area contributed by atoms with Crippen LogP contribution < -0.4 is 16.4 Å². The zero-order chi connectivity index (χ0) is 12.1. The summed E-state index contributed by atoms with van der Waals surface area (Å²) in [5.74, 6) is 0.289. The highest BCUT2D eigenvalue weighted by molar-refractivity contribution is 9.10. The third-order valence-electron chi connectivity index (χ3n) is 1.82. The lowest BCUT2D eigenvalue weighted by atomic mass is 10.3. The molecule has 1 aromatic rings. The fourth-order valence-electron chi connectivity index (χ4n) is 0.961. The Labute approximate surface area is 101 Å². The van der Waals surface area contributed by atoms with Crippen LogP contribution in [0, 0.1) is 0 Å². The van der Waals surface area contributed by atoms with Crippen molar-refractivity contribution in [3.05, 3.63) is 10.8 Å². The maximum atomic E-state index is 10.6. The third-order valence-corrected chi connectivity index (χ3v) is 2.57. The molecule has 1 heterocycles. The van der Waals surface area contributed by atoms with Crippen LogP contribution in [0.15, 0.2) is 10.8 Å². The molecular weight excluding hydrogens is 278 g/mol. The second-order valence-electron chi connectivity index (χ2n) is 2.93. The Hall–Kier alpha value is -1.41. The minimum absolute atomic E-state index is 0.00585. The van der Waals surface area contributed by atoms with Crippen molar-refractivity contribution in [2.24, 2.45) is 5.73 Å². The van der Waals surface area contributed by atoms with Crippen molar-refractivity contribution in [2.45, 2.75) is 6.10 Å². The fraction of sp³-hybridized carbons (Fsp3) is 0.375. The first-order chi connectivity index (χ1) is 7.56. The lowest BCUT2D eigenvalue weighted by Gasteiger charge is -2.11. The number of hydrogen-bond donors (Lipinski definition) is 4. The summed E-state index contributed by atoms with van der Waals surface area (Å²) >= 11 is 3.28. The molecule has 0 aromatic carbocycles. The van der Waals surface area contributed by atoms with Crippen LogP contribution in [0.2, 0.25) is 0 Å². The van der Waals surface area contributed by atoms with Gasteiger partial charge in [-0.2, -0.15) is 0 Å². The van der Waals surface area contributed by atoms with Gasteiger partial charge in [-0.25, -0.2) is 9.97 Å². The van der Waals surface area contributed by atoms with Gasteiger partial charge in [-0.15, -0.1) is 0 Å². The number of nitrogens with two attached hydrogens (primary N) is 1. The number of amides is 1. The van der Waals surface area contributed by atoms with E-state index in [2.05, 4.69) is 36.5 Å². The molecule has 5 N–H and O–H groups in total. The van der Waals surface area contributed by atoms with Gasteiger partial charge in [0, 0.05) is 7.05 Å². The quantitative estimate of drug-likeness (QED) is 0.583. The molecule has 1 aromatic heterocycles. The number of aliphatic hydroxyl groups is 1. The van der Waals surface area contributed by atoms with Crippen molar-refractivity contribution >= 4 is 33.5 Å². The number of nitrogens with one attached hydrogen (secondary N) is 2. The van der Waals surface area contributed by atoms with Crippen molar-refractivity contribution < 1.29 is 9.90 Å². The molecular formula is C8H12BrN5O2. The Morgan fingerprint density at radius 3 is 2.81 bits per heavy atom. The largest absolute Gasteiger partial charge is 0.381 e. The van der Waals surface area contributed by atoms with Crippen LogP contribution in [-0.4, -0.2) is 40.7 Å². The number of nitrogens with zero attached hydrogens (tertiary/aromatic N) is 2. The molecule has 0 radical (unpaired) electrons. The van der Waals surface area contributed by atoms with Crippen molar-refractivity contribution in [1.29, 1.82) is 0 Å². The highest BCUT2D eigenvalue weighted by atomic mass is 79.9. The molecule has 0 bridgehead atoms. The van der Waals surface area contributed by atoms with E-state index in [4.69, 9.17) is 5.73 Å². The summed E-state index contributed by atoms with van der Waals surface area (Å²) < 4.78 is 0.620. The molecule has 1 rings (SSSR count). The lowest BCUT2D eigenvalue weighted by Crippen LogP contribution is -2.34. The molecule has 0 aliphatic rings. The van der Waals surface area contributed by atoms with E-state index in [-0.39, 0.29) is 6.54 Å². The van der Waals surface area contributed by atoms with Crippen molar-refractivity contribution in [3.63, 3.8) is 0 Å². The predicted molar refractivity (Wildman–Crippen MR) is 63.0 cm³/mol. The summed E-state index contributed by atoms with van der Waals surface area (Å²) in [6.07, 6.45) is 0.107. The van der Waals surface area contributed by atoms with Crippen LogP contribution in [-0.2, 0) is 4.79 Å². The van der Waals surface area contributed by atoms with Crippen LogP contribution in [0.4, 0.5) is 11.6 Å².